The van der Waals surface area contributed by atoms with Crippen LogP contribution in [0.5, 0.6) is 0 Å². The summed E-state index contributed by atoms with van der Waals surface area (Å²) >= 11 is 0. The minimum Gasteiger partial charge on any atom is -0.342 e. The van der Waals surface area contributed by atoms with Gasteiger partial charge in [-0.2, -0.15) is 0 Å². The van der Waals surface area contributed by atoms with Crippen LogP contribution in [0.4, 0.5) is 0 Å². The summed E-state index contributed by atoms with van der Waals surface area (Å²) in [7, 11) is 0. The highest BCUT2D eigenvalue weighted by Gasteiger charge is 2.29. The molecule has 0 radical (unpaired) electrons. The van der Waals surface area contributed by atoms with Crippen molar-refractivity contribution < 1.29 is 4.79 Å². The normalized spacial score (nSPS) is 27.7. The van der Waals surface area contributed by atoms with Crippen LogP contribution in [0.2, 0.25) is 0 Å². The van der Waals surface area contributed by atoms with Crippen LogP contribution in [0, 0.1) is 5.92 Å². The molecule has 0 N–H and O–H groups in total. The van der Waals surface area contributed by atoms with Gasteiger partial charge in [0.25, 0.3) is 0 Å². The first-order valence-electron chi connectivity index (χ1n) is 6.71. The maximum Gasteiger partial charge on any atom is 0.225 e. The van der Waals surface area contributed by atoms with E-state index in [0.29, 0.717) is 17.9 Å². The van der Waals surface area contributed by atoms with Gasteiger partial charge in [-0.25, -0.2) is 0 Å². The summed E-state index contributed by atoms with van der Waals surface area (Å²) in [5.74, 6) is 0.737. The van der Waals surface area contributed by atoms with Crippen molar-refractivity contribution >= 4 is 5.91 Å². The van der Waals surface area contributed by atoms with Gasteiger partial charge in [-0.3, -0.25) is 4.79 Å². The molecular weight excluding hydrogens is 200 g/mol. The lowest BCUT2D eigenvalue weighted by molar-refractivity contribution is -0.139. The fourth-order valence-electron chi connectivity index (χ4n) is 2.68. The first-order valence-corrected chi connectivity index (χ1v) is 6.71. The maximum absolute atomic E-state index is 12.1. The Labute approximate surface area is 98.8 Å². The monoisotopic (exact) mass is 224 g/mol. The molecule has 2 aliphatic rings. The van der Waals surface area contributed by atoms with Crippen molar-refractivity contribution in [2.75, 3.05) is 26.2 Å². The third-order valence-electron chi connectivity index (χ3n) is 4.01. The molecule has 0 spiro atoms. The van der Waals surface area contributed by atoms with Crippen LogP contribution in [0.15, 0.2) is 0 Å². The number of likely N-dealkylation sites (tertiary alicyclic amines) is 2. The molecular formula is C13H24N2O. The predicted octanol–water partition coefficient (Wildman–Crippen LogP) is 1.73. The Morgan fingerprint density at radius 2 is 1.81 bits per heavy atom. The molecule has 2 heterocycles. The van der Waals surface area contributed by atoms with Gasteiger partial charge in [0.05, 0.1) is 0 Å². The molecule has 3 nitrogen and oxygen atoms in total. The third-order valence-corrected chi connectivity index (χ3v) is 4.01. The lowest BCUT2D eigenvalue weighted by Crippen LogP contribution is -2.45. The van der Waals surface area contributed by atoms with Crippen LogP contribution in [-0.2, 0) is 4.79 Å². The smallest absolute Gasteiger partial charge is 0.225 e. The molecule has 2 aliphatic heterocycles. The first-order chi connectivity index (χ1) is 7.68. The highest BCUT2D eigenvalue weighted by Crippen LogP contribution is 2.23. The number of hydrogen-bond acceptors (Lipinski definition) is 2. The minimum atomic E-state index is 0.309. The van der Waals surface area contributed by atoms with E-state index in [0.717, 1.165) is 32.5 Å². The molecule has 2 rings (SSSR count). The summed E-state index contributed by atoms with van der Waals surface area (Å²) in [6.45, 7) is 8.77. The van der Waals surface area contributed by atoms with E-state index in [1.807, 2.05) is 4.90 Å². The number of carbonyl (C=O) groups is 1. The van der Waals surface area contributed by atoms with Crippen LogP contribution in [0.1, 0.15) is 39.5 Å². The summed E-state index contributed by atoms with van der Waals surface area (Å²) in [6.07, 6.45) is 4.55. The highest BCUT2D eigenvalue weighted by molar-refractivity contribution is 5.79. The average Bonchev–Trinajstić information content (AvgIpc) is 2.39. The summed E-state index contributed by atoms with van der Waals surface area (Å²) in [5, 5.41) is 0. The molecule has 1 atom stereocenters. The first kappa shape index (κ1) is 11.9. The van der Waals surface area contributed by atoms with Gasteiger partial charge < -0.3 is 9.80 Å². The maximum atomic E-state index is 12.1. The average molecular weight is 224 g/mol. The van der Waals surface area contributed by atoms with Crippen LogP contribution in [-0.4, -0.2) is 47.9 Å². The van der Waals surface area contributed by atoms with Crippen molar-refractivity contribution in [2.24, 2.45) is 5.92 Å². The summed E-state index contributed by atoms with van der Waals surface area (Å²) < 4.78 is 0. The van der Waals surface area contributed by atoms with Crippen LogP contribution >= 0.6 is 0 Å². The molecule has 0 unspecified atom stereocenters. The van der Waals surface area contributed by atoms with E-state index in [4.69, 9.17) is 0 Å². The second-order valence-corrected chi connectivity index (χ2v) is 5.44. The minimum absolute atomic E-state index is 0.309. The zero-order valence-electron chi connectivity index (χ0n) is 10.6. The van der Waals surface area contributed by atoms with Gasteiger partial charge in [0.2, 0.25) is 5.91 Å². The van der Waals surface area contributed by atoms with Crippen molar-refractivity contribution in [1.82, 2.24) is 9.80 Å². The molecule has 92 valence electrons. The van der Waals surface area contributed by atoms with Crippen LogP contribution < -0.4 is 0 Å². The lowest BCUT2D eigenvalue weighted by atomic mass is 9.97. The molecule has 0 bridgehead atoms. The van der Waals surface area contributed by atoms with Crippen molar-refractivity contribution in [2.45, 2.75) is 45.6 Å². The number of carbonyl (C=O) groups excluding carboxylic acids is 1. The molecule has 1 amide bonds. The molecule has 3 heteroatoms. The molecule has 0 aromatic heterocycles. The second-order valence-electron chi connectivity index (χ2n) is 5.44. The fourth-order valence-corrected chi connectivity index (χ4v) is 2.68. The lowest BCUT2D eigenvalue weighted by Gasteiger charge is -2.34. The Kier molecular flexibility index (Phi) is 3.85. The fraction of sp³-hybridized carbons (Fsp3) is 0.923. The SMILES string of the molecule is CC(C)N1CCC[C@H](C(=O)N2CCC2)CC1. The third kappa shape index (κ3) is 2.57. The number of nitrogens with zero attached hydrogens (tertiary/aromatic N) is 2. The highest BCUT2D eigenvalue weighted by atomic mass is 16.2. The molecule has 2 saturated heterocycles. The van der Waals surface area contributed by atoms with E-state index in [2.05, 4.69) is 18.7 Å². The van der Waals surface area contributed by atoms with E-state index < -0.39 is 0 Å². The number of rotatable bonds is 2. The van der Waals surface area contributed by atoms with Crippen LogP contribution in [0.3, 0.4) is 0 Å². The van der Waals surface area contributed by atoms with E-state index in [1.54, 1.807) is 0 Å². The van der Waals surface area contributed by atoms with Gasteiger partial charge in [-0.05, 0) is 52.6 Å². The topological polar surface area (TPSA) is 23.6 Å². The molecule has 0 saturated carbocycles. The zero-order chi connectivity index (χ0) is 11.5. The number of amides is 1. The standard InChI is InChI=1S/C13H24N2O/c1-11(2)14-7-3-5-12(6-10-14)13(16)15-8-4-9-15/h11-12H,3-10H2,1-2H3/t12-/m0/s1. The van der Waals surface area contributed by atoms with Crippen molar-refractivity contribution in [3.05, 3.63) is 0 Å². The number of hydrogen-bond donors (Lipinski definition) is 0. The van der Waals surface area contributed by atoms with E-state index in [9.17, 15) is 4.79 Å². The van der Waals surface area contributed by atoms with Crippen molar-refractivity contribution in [1.29, 1.82) is 0 Å². The second kappa shape index (κ2) is 5.17. The summed E-state index contributed by atoms with van der Waals surface area (Å²) in [6, 6.07) is 0.623. The summed E-state index contributed by atoms with van der Waals surface area (Å²) in [4.78, 5) is 16.7. The molecule has 0 aromatic carbocycles. The van der Waals surface area contributed by atoms with Gasteiger partial charge in [-0.1, -0.05) is 0 Å². The van der Waals surface area contributed by atoms with Crippen LogP contribution in [0.25, 0.3) is 0 Å². The van der Waals surface area contributed by atoms with Gasteiger partial charge >= 0.3 is 0 Å². The van der Waals surface area contributed by atoms with Crippen molar-refractivity contribution in [3.63, 3.8) is 0 Å². The van der Waals surface area contributed by atoms with Gasteiger partial charge in [0, 0.05) is 25.0 Å². The Hall–Kier alpha value is -0.570. The van der Waals surface area contributed by atoms with Gasteiger partial charge in [-0.15, -0.1) is 0 Å². The Morgan fingerprint density at radius 1 is 1.06 bits per heavy atom. The van der Waals surface area contributed by atoms with E-state index in [-0.39, 0.29) is 0 Å². The quantitative estimate of drug-likeness (QED) is 0.713. The molecule has 2 fully saturated rings. The zero-order valence-corrected chi connectivity index (χ0v) is 10.6. The Balaban J connectivity index is 1.85. The van der Waals surface area contributed by atoms with Crippen molar-refractivity contribution in [3.8, 4) is 0 Å². The van der Waals surface area contributed by atoms with E-state index in [1.165, 1.54) is 19.4 Å². The predicted molar refractivity (Wildman–Crippen MR) is 65.2 cm³/mol. The molecule has 0 aromatic rings. The molecule has 0 aliphatic carbocycles. The Bertz CT molecular complexity index is 248. The largest absolute Gasteiger partial charge is 0.342 e. The summed E-state index contributed by atoms with van der Waals surface area (Å²) in [5.41, 5.74) is 0. The van der Waals surface area contributed by atoms with Gasteiger partial charge in [0.1, 0.15) is 0 Å². The van der Waals surface area contributed by atoms with E-state index >= 15 is 0 Å². The Morgan fingerprint density at radius 3 is 2.38 bits per heavy atom. The van der Waals surface area contributed by atoms with Gasteiger partial charge in [0.15, 0.2) is 0 Å². The molecule has 16 heavy (non-hydrogen) atoms.